The smallest absolute Gasteiger partial charge is 0.334 e. The Balaban J connectivity index is 3.30. The lowest BCUT2D eigenvalue weighted by Crippen LogP contribution is -1.95. The lowest BCUT2D eigenvalue weighted by molar-refractivity contribution is 0.0654. The zero-order valence-electron chi connectivity index (χ0n) is 6.24. The Morgan fingerprint density at radius 3 is 1.90 bits per heavy atom. The molecule has 0 aromatic rings. The molecule has 0 fully saturated rings. The van der Waals surface area contributed by atoms with Crippen molar-refractivity contribution >= 4 is 8.60 Å². The van der Waals surface area contributed by atoms with Crippen molar-refractivity contribution in [2.45, 2.75) is 13.8 Å². The second-order valence-electron chi connectivity index (χ2n) is 1.32. The summed E-state index contributed by atoms with van der Waals surface area (Å²) in [5, 5.41) is 8.32. The van der Waals surface area contributed by atoms with Gasteiger partial charge in [-0.1, -0.05) is 0 Å². The van der Waals surface area contributed by atoms with E-state index in [0.717, 1.165) is 0 Å². The summed E-state index contributed by atoms with van der Waals surface area (Å²) in [6.07, 6.45) is 0. The summed E-state index contributed by atoms with van der Waals surface area (Å²) < 4.78 is 14.7. The molecule has 4 nitrogen and oxygen atoms in total. The van der Waals surface area contributed by atoms with Crippen molar-refractivity contribution in [1.82, 2.24) is 0 Å². The van der Waals surface area contributed by atoms with Crippen LogP contribution in [0, 0.1) is 0 Å². The van der Waals surface area contributed by atoms with Gasteiger partial charge in [0.2, 0.25) is 0 Å². The van der Waals surface area contributed by atoms with E-state index >= 15 is 0 Å². The highest BCUT2D eigenvalue weighted by molar-refractivity contribution is 7.41. The Morgan fingerprint density at radius 2 is 1.60 bits per heavy atom. The van der Waals surface area contributed by atoms with E-state index in [1.165, 1.54) is 0 Å². The summed E-state index contributed by atoms with van der Waals surface area (Å²) in [6.45, 7) is 4.40. The van der Waals surface area contributed by atoms with Crippen LogP contribution in [0.25, 0.3) is 0 Å². The highest BCUT2D eigenvalue weighted by atomic mass is 31.2. The van der Waals surface area contributed by atoms with Crippen LogP contribution >= 0.6 is 8.60 Å². The molecule has 10 heavy (non-hydrogen) atoms. The minimum absolute atomic E-state index is 0.355. The van der Waals surface area contributed by atoms with Gasteiger partial charge < -0.3 is 14.2 Å². The average molecular weight is 168 g/mol. The predicted molar refractivity (Wildman–Crippen MR) is 38.3 cm³/mol. The van der Waals surface area contributed by atoms with E-state index in [1.54, 1.807) is 0 Å². The molecular weight excluding hydrogens is 155 g/mol. The van der Waals surface area contributed by atoms with Crippen LogP contribution in [0.4, 0.5) is 0 Å². The molecule has 0 unspecified atom stereocenters. The number of aliphatic hydroxyl groups excluding tert-OH is 1. The third kappa shape index (κ3) is 5.09. The van der Waals surface area contributed by atoms with E-state index in [0.29, 0.717) is 13.2 Å². The number of rotatable bonds is 6. The average Bonchev–Trinajstić information content (AvgIpc) is 1.90. The van der Waals surface area contributed by atoms with Crippen molar-refractivity contribution in [3.8, 4) is 0 Å². The standard InChI is InChI=1S/C5H13O4P/c1-3-7-10(8-4-2)9-5-6/h6H,3-5H2,1-2H3. The van der Waals surface area contributed by atoms with Crippen molar-refractivity contribution in [1.29, 1.82) is 0 Å². The third-order valence-corrected chi connectivity index (χ3v) is 1.90. The van der Waals surface area contributed by atoms with E-state index in [9.17, 15) is 0 Å². The van der Waals surface area contributed by atoms with Crippen LogP contribution in [0.15, 0.2) is 0 Å². The molecule has 0 spiro atoms. The summed E-state index contributed by atoms with van der Waals surface area (Å²) in [4.78, 5) is 0. The summed E-state index contributed by atoms with van der Waals surface area (Å²) in [7, 11) is -1.31. The quantitative estimate of drug-likeness (QED) is 0.479. The molecule has 0 atom stereocenters. The van der Waals surface area contributed by atoms with E-state index in [-0.39, 0.29) is 6.79 Å². The topological polar surface area (TPSA) is 47.9 Å². The van der Waals surface area contributed by atoms with Gasteiger partial charge in [0.1, 0.15) is 0 Å². The van der Waals surface area contributed by atoms with Crippen LogP contribution in [-0.2, 0) is 13.6 Å². The molecule has 1 N–H and O–H groups in total. The minimum atomic E-state index is -1.31. The molecule has 0 bridgehead atoms. The first-order chi connectivity index (χ1) is 4.85. The second-order valence-corrected chi connectivity index (χ2v) is 2.54. The van der Waals surface area contributed by atoms with Gasteiger partial charge in [0.25, 0.3) is 0 Å². The van der Waals surface area contributed by atoms with Gasteiger partial charge in [-0.2, -0.15) is 0 Å². The Hall–Kier alpha value is 0.270. The van der Waals surface area contributed by atoms with Gasteiger partial charge in [0.05, 0.1) is 13.2 Å². The van der Waals surface area contributed by atoms with Crippen LogP contribution in [0.2, 0.25) is 0 Å². The van der Waals surface area contributed by atoms with Crippen LogP contribution < -0.4 is 0 Å². The highest BCUT2D eigenvalue weighted by Gasteiger charge is 2.08. The first kappa shape index (κ1) is 10.3. The Labute approximate surface area is 62.1 Å². The van der Waals surface area contributed by atoms with Crippen molar-refractivity contribution < 1.29 is 18.7 Å². The van der Waals surface area contributed by atoms with E-state index in [2.05, 4.69) is 0 Å². The van der Waals surface area contributed by atoms with Crippen molar-refractivity contribution in [3.63, 3.8) is 0 Å². The third-order valence-electron chi connectivity index (χ3n) is 0.632. The summed E-state index contributed by atoms with van der Waals surface area (Å²) in [5.41, 5.74) is 0. The molecule has 0 amide bonds. The Bertz CT molecular complexity index is 56.4. The van der Waals surface area contributed by atoms with Gasteiger partial charge in [0, 0.05) is 0 Å². The lowest BCUT2D eigenvalue weighted by Gasteiger charge is -2.12. The molecule has 0 rings (SSSR count). The molecule has 0 heterocycles. The zero-order chi connectivity index (χ0) is 7.82. The molecule has 62 valence electrons. The monoisotopic (exact) mass is 168 g/mol. The van der Waals surface area contributed by atoms with Gasteiger partial charge in [-0.25, -0.2) is 0 Å². The van der Waals surface area contributed by atoms with Crippen LogP contribution in [0.3, 0.4) is 0 Å². The van der Waals surface area contributed by atoms with Crippen LogP contribution in [0.1, 0.15) is 13.8 Å². The van der Waals surface area contributed by atoms with E-state index < -0.39 is 8.60 Å². The zero-order valence-corrected chi connectivity index (χ0v) is 7.13. The molecule has 0 saturated heterocycles. The lowest BCUT2D eigenvalue weighted by atomic mass is 10.9. The predicted octanol–water partition coefficient (Wildman–Crippen LogP) is 1.25. The maximum atomic E-state index is 8.32. The van der Waals surface area contributed by atoms with Gasteiger partial charge in [-0.3, -0.25) is 4.52 Å². The number of hydrogen-bond donors (Lipinski definition) is 1. The molecule has 0 aliphatic rings. The summed E-state index contributed by atoms with van der Waals surface area (Å²) in [5.74, 6) is 0. The molecule has 0 aliphatic carbocycles. The molecule has 0 aromatic carbocycles. The summed E-state index contributed by atoms with van der Waals surface area (Å²) in [6, 6.07) is 0. The molecule has 0 aliphatic heterocycles. The maximum Gasteiger partial charge on any atom is 0.334 e. The highest BCUT2D eigenvalue weighted by Crippen LogP contribution is 2.38. The van der Waals surface area contributed by atoms with E-state index in [1.807, 2.05) is 13.8 Å². The number of hydrogen-bond acceptors (Lipinski definition) is 4. The first-order valence-corrected chi connectivity index (χ1v) is 4.24. The van der Waals surface area contributed by atoms with E-state index in [4.69, 9.17) is 18.7 Å². The molecule has 0 saturated carbocycles. The largest absolute Gasteiger partial charge is 0.370 e. The fraction of sp³-hybridized carbons (Fsp3) is 1.00. The normalized spacial score (nSPS) is 10.8. The van der Waals surface area contributed by atoms with Gasteiger partial charge in [-0.15, -0.1) is 0 Å². The Kier molecular flexibility index (Phi) is 7.58. The fourth-order valence-electron chi connectivity index (χ4n) is 0.370. The van der Waals surface area contributed by atoms with Gasteiger partial charge in [-0.05, 0) is 13.8 Å². The van der Waals surface area contributed by atoms with Crippen molar-refractivity contribution in [2.24, 2.45) is 0 Å². The molecule has 5 heteroatoms. The van der Waals surface area contributed by atoms with Crippen molar-refractivity contribution in [2.75, 3.05) is 20.0 Å². The fourth-order valence-corrected chi connectivity index (χ4v) is 1.11. The maximum absolute atomic E-state index is 8.32. The van der Waals surface area contributed by atoms with Gasteiger partial charge in [0.15, 0.2) is 6.79 Å². The number of aliphatic hydroxyl groups is 1. The van der Waals surface area contributed by atoms with Crippen LogP contribution in [-0.4, -0.2) is 25.1 Å². The van der Waals surface area contributed by atoms with Crippen LogP contribution in [0.5, 0.6) is 0 Å². The SMILES string of the molecule is CCOP(OCC)OCO. The van der Waals surface area contributed by atoms with Gasteiger partial charge >= 0.3 is 8.60 Å². The molecule has 0 radical (unpaired) electrons. The Morgan fingerprint density at radius 1 is 1.10 bits per heavy atom. The molecule has 0 aromatic heterocycles. The summed E-state index contributed by atoms with van der Waals surface area (Å²) >= 11 is 0. The molecular formula is C5H13O4P. The van der Waals surface area contributed by atoms with Crippen molar-refractivity contribution in [3.05, 3.63) is 0 Å². The second kappa shape index (κ2) is 7.38. The first-order valence-electron chi connectivity index (χ1n) is 3.14. The minimum Gasteiger partial charge on any atom is -0.370 e.